The van der Waals surface area contributed by atoms with Crippen LogP contribution in [0.4, 0.5) is 10.7 Å². The summed E-state index contributed by atoms with van der Waals surface area (Å²) in [5.74, 6) is -0.638. The number of hydrogen-bond donors (Lipinski definition) is 2. The molecule has 3 heterocycles. The number of nitrogens with zero attached hydrogens (tertiary/aromatic N) is 3. The minimum Gasteiger partial charge on any atom is -0.396 e. The van der Waals surface area contributed by atoms with Crippen molar-refractivity contribution >= 4 is 68.9 Å². The lowest BCUT2D eigenvalue weighted by Gasteiger charge is -2.27. The molecule has 3 rings (SSSR count). The monoisotopic (exact) mass is 433 g/mol. The maximum atomic E-state index is 12.2. The van der Waals surface area contributed by atoms with Gasteiger partial charge in [-0.25, -0.2) is 10.4 Å². The van der Waals surface area contributed by atoms with E-state index in [1.54, 1.807) is 17.6 Å². The van der Waals surface area contributed by atoms with Gasteiger partial charge in [0.15, 0.2) is 10.8 Å². The lowest BCUT2D eigenvalue weighted by atomic mass is 10.3. The Kier molecular flexibility index (Phi) is 6.20. The van der Waals surface area contributed by atoms with E-state index in [2.05, 4.69) is 20.4 Å². The number of hydrazone groups is 1. The van der Waals surface area contributed by atoms with Gasteiger partial charge in [0.05, 0.1) is 35.1 Å². The first-order chi connectivity index (χ1) is 12.5. The van der Waals surface area contributed by atoms with Crippen molar-refractivity contribution in [2.45, 2.75) is 0 Å². The first kappa shape index (κ1) is 19.2. The predicted octanol–water partition coefficient (Wildman–Crippen LogP) is 3.29. The summed E-state index contributed by atoms with van der Waals surface area (Å²) in [6.45, 7) is 3.16. The number of pyridine rings is 1. The number of aromatic nitrogens is 1. The van der Waals surface area contributed by atoms with Gasteiger partial charge in [0.25, 0.3) is 5.91 Å². The molecule has 3 N–H and O–H groups in total. The standard InChI is InChI=1S/C15H14Cl3N5O2S/c16-10-12(19)11(17)14(18)21-13(10)15(24)22-20-7-8-1-2-9(26-8)23-3-5-25-6-4-23/h1-2,7H,3-6H2,(H2,19,21)(H,22,24)/b20-7+. The summed E-state index contributed by atoms with van der Waals surface area (Å²) in [7, 11) is 0. The number of morpholine rings is 1. The second kappa shape index (κ2) is 8.41. The number of halogens is 3. The SMILES string of the molecule is Nc1c(Cl)c(Cl)nc(C(=O)N/N=C/c2ccc(N3CCOCC3)s2)c1Cl. The Morgan fingerprint density at radius 2 is 2.04 bits per heavy atom. The van der Waals surface area contributed by atoms with E-state index in [4.69, 9.17) is 45.3 Å². The molecule has 0 atom stereocenters. The Bertz CT molecular complexity index is 852. The van der Waals surface area contributed by atoms with Crippen LogP contribution in [0.15, 0.2) is 17.2 Å². The molecule has 7 nitrogen and oxygen atoms in total. The number of ether oxygens (including phenoxy) is 1. The zero-order valence-corrected chi connectivity index (χ0v) is 16.4. The lowest BCUT2D eigenvalue weighted by Crippen LogP contribution is -2.35. The molecule has 0 spiro atoms. The molecule has 11 heteroatoms. The van der Waals surface area contributed by atoms with Crippen molar-refractivity contribution in [3.8, 4) is 0 Å². The van der Waals surface area contributed by atoms with Crippen molar-refractivity contribution in [3.05, 3.63) is 37.9 Å². The summed E-state index contributed by atoms with van der Waals surface area (Å²) in [5.41, 5.74) is 7.90. The summed E-state index contributed by atoms with van der Waals surface area (Å²) in [6, 6.07) is 3.94. The lowest BCUT2D eigenvalue weighted by molar-refractivity contribution is 0.0950. The molecule has 138 valence electrons. The van der Waals surface area contributed by atoms with Gasteiger partial charge >= 0.3 is 0 Å². The van der Waals surface area contributed by atoms with Gasteiger partial charge in [-0.15, -0.1) is 11.3 Å². The molecule has 2 aromatic rings. The van der Waals surface area contributed by atoms with Crippen LogP contribution < -0.4 is 16.1 Å². The summed E-state index contributed by atoms with van der Waals surface area (Å²) in [6.07, 6.45) is 1.54. The molecule has 0 unspecified atom stereocenters. The fraction of sp³-hybridized carbons (Fsp3) is 0.267. The number of carbonyl (C=O) groups is 1. The quantitative estimate of drug-likeness (QED) is 0.437. The number of nitrogen functional groups attached to an aromatic ring is 1. The van der Waals surface area contributed by atoms with E-state index in [1.165, 1.54) is 0 Å². The van der Waals surface area contributed by atoms with Crippen LogP contribution in [0.2, 0.25) is 15.2 Å². The highest BCUT2D eigenvalue weighted by Gasteiger charge is 2.19. The third-order valence-electron chi connectivity index (χ3n) is 3.58. The van der Waals surface area contributed by atoms with Gasteiger partial charge < -0.3 is 15.4 Å². The second-order valence-corrected chi connectivity index (χ2v) is 7.48. The van der Waals surface area contributed by atoms with Crippen LogP contribution in [0, 0.1) is 0 Å². The van der Waals surface area contributed by atoms with E-state index in [0.29, 0.717) is 0 Å². The number of amides is 1. The Labute approximate surface area is 168 Å². The van der Waals surface area contributed by atoms with E-state index < -0.39 is 5.91 Å². The van der Waals surface area contributed by atoms with Gasteiger partial charge in [0, 0.05) is 18.0 Å². The first-order valence-electron chi connectivity index (χ1n) is 7.53. The zero-order valence-electron chi connectivity index (χ0n) is 13.3. The predicted molar refractivity (Wildman–Crippen MR) is 106 cm³/mol. The van der Waals surface area contributed by atoms with E-state index >= 15 is 0 Å². The van der Waals surface area contributed by atoms with E-state index in [9.17, 15) is 4.79 Å². The molecular weight excluding hydrogens is 421 g/mol. The number of rotatable bonds is 4. The normalized spacial score (nSPS) is 14.8. The maximum absolute atomic E-state index is 12.2. The van der Waals surface area contributed by atoms with Crippen LogP contribution in [0.3, 0.4) is 0 Å². The molecule has 0 aliphatic carbocycles. The van der Waals surface area contributed by atoms with Gasteiger partial charge in [-0.1, -0.05) is 34.8 Å². The van der Waals surface area contributed by atoms with Crippen molar-refractivity contribution < 1.29 is 9.53 Å². The molecule has 1 aliphatic rings. The molecule has 0 saturated carbocycles. The number of thiophene rings is 1. The zero-order chi connectivity index (χ0) is 18.7. The minimum atomic E-state index is -0.638. The number of nitrogens with one attached hydrogen (secondary N) is 1. The Balaban J connectivity index is 1.65. The van der Waals surface area contributed by atoms with Gasteiger partial charge in [-0.2, -0.15) is 5.10 Å². The minimum absolute atomic E-state index is 0.00382. The largest absolute Gasteiger partial charge is 0.396 e. The van der Waals surface area contributed by atoms with Crippen molar-refractivity contribution in [3.63, 3.8) is 0 Å². The molecule has 0 radical (unpaired) electrons. The molecule has 2 aromatic heterocycles. The first-order valence-corrected chi connectivity index (χ1v) is 9.48. The number of nitrogens with two attached hydrogens (primary N) is 1. The fourth-order valence-corrected chi connectivity index (χ4v) is 3.78. The third kappa shape index (κ3) is 4.21. The van der Waals surface area contributed by atoms with E-state index in [-0.39, 0.29) is 26.6 Å². The highest BCUT2D eigenvalue weighted by molar-refractivity contribution is 7.17. The van der Waals surface area contributed by atoms with E-state index in [1.807, 2.05) is 12.1 Å². The van der Waals surface area contributed by atoms with Gasteiger partial charge in [-0.05, 0) is 12.1 Å². The Morgan fingerprint density at radius 3 is 2.77 bits per heavy atom. The number of hydrogen-bond acceptors (Lipinski definition) is 7. The molecule has 0 bridgehead atoms. The number of anilines is 2. The smallest absolute Gasteiger partial charge is 0.291 e. The van der Waals surface area contributed by atoms with Crippen LogP contribution in [-0.2, 0) is 4.74 Å². The summed E-state index contributed by atoms with van der Waals surface area (Å²) < 4.78 is 5.34. The molecule has 26 heavy (non-hydrogen) atoms. The van der Waals surface area contributed by atoms with Crippen molar-refractivity contribution in [2.75, 3.05) is 36.9 Å². The maximum Gasteiger partial charge on any atom is 0.291 e. The summed E-state index contributed by atoms with van der Waals surface area (Å²) in [4.78, 5) is 19.2. The molecule has 1 aliphatic heterocycles. The van der Waals surface area contributed by atoms with Crippen LogP contribution in [0.1, 0.15) is 15.4 Å². The molecule has 1 amide bonds. The van der Waals surface area contributed by atoms with Crippen LogP contribution >= 0.6 is 46.1 Å². The topological polar surface area (TPSA) is 92.8 Å². The number of carbonyl (C=O) groups excluding carboxylic acids is 1. The second-order valence-electron chi connectivity index (χ2n) is 5.27. The van der Waals surface area contributed by atoms with Crippen molar-refractivity contribution in [1.82, 2.24) is 10.4 Å². The molecule has 0 aromatic carbocycles. The van der Waals surface area contributed by atoms with Gasteiger partial charge in [-0.3, -0.25) is 4.79 Å². The van der Waals surface area contributed by atoms with Gasteiger partial charge in [0.2, 0.25) is 0 Å². The van der Waals surface area contributed by atoms with Crippen molar-refractivity contribution in [2.24, 2.45) is 5.10 Å². The fourth-order valence-electron chi connectivity index (χ4n) is 2.25. The van der Waals surface area contributed by atoms with Crippen LogP contribution in [-0.4, -0.2) is 43.4 Å². The Hall–Kier alpha value is -1.58. The molecule has 1 fully saturated rings. The molecule has 1 saturated heterocycles. The highest BCUT2D eigenvalue weighted by atomic mass is 35.5. The van der Waals surface area contributed by atoms with Crippen molar-refractivity contribution in [1.29, 1.82) is 0 Å². The van der Waals surface area contributed by atoms with Crippen LogP contribution in [0.5, 0.6) is 0 Å². The van der Waals surface area contributed by atoms with Crippen LogP contribution in [0.25, 0.3) is 0 Å². The molecular formula is C15H14Cl3N5O2S. The third-order valence-corrected chi connectivity index (χ3v) is 5.80. The van der Waals surface area contributed by atoms with Gasteiger partial charge in [0.1, 0.15) is 5.02 Å². The average Bonchev–Trinajstić information content (AvgIpc) is 3.12. The summed E-state index contributed by atoms with van der Waals surface area (Å²) >= 11 is 19.2. The van der Waals surface area contributed by atoms with E-state index in [0.717, 1.165) is 36.2 Å². The highest BCUT2D eigenvalue weighted by Crippen LogP contribution is 2.34. The summed E-state index contributed by atoms with van der Waals surface area (Å²) in [5, 5.41) is 4.89. The Morgan fingerprint density at radius 1 is 1.31 bits per heavy atom. The average molecular weight is 435 g/mol.